The topological polar surface area (TPSA) is 66.9 Å². The number of fused-ring (bicyclic) bond motifs is 4. The van der Waals surface area contributed by atoms with Gasteiger partial charge in [0.15, 0.2) is 16.6 Å². The predicted octanol–water partition coefficient (Wildman–Crippen LogP) is 2.01. The molecule has 2 bridgehead atoms. The number of benzene rings is 1. The van der Waals surface area contributed by atoms with Crippen LogP contribution in [0.25, 0.3) is 0 Å². The molecule has 1 aromatic carbocycles. The van der Waals surface area contributed by atoms with Gasteiger partial charge in [0, 0.05) is 43.0 Å². The van der Waals surface area contributed by atoms with Crippen LogP contribution in [0.3, 0.4) is 0 Å². The van der Waals surface area contributed by atoms with E-state index in [0.717, 1.165) is 24.6 Å². The average Bonchev–Trinajstić information content (AvgIpc) is 3.41. The summed E-state index contributed by atoms with van der Waals surface area (Å²) in [6, 6.07) is 6.63. The van der Waals surface area contributed by atoms with Crippen LogP contribution >= 0.6 is 11.3 Å². The van der Waals surface area contributed by atoms with Gasteiger partial charge in [-0.15, -0.1) is 0 Å². The molecule has 8 heteroatoms. The molecule has 4 aliphatic heterocycles. The van der Waals surface area contributed by atoms with Crippen LogP contribution in [0.2, 0.25) is 0 Å². The Morgan fingerprint density at radius 3 is 2.93 bits per heavy atom. The SMILES string of the molecule is O=C(c1cccc2c1OCO2)N1CCc2nc(N3C4CCC3CNC4)sc2C1. The maximum Gasteiger partial charge on any atom is 0.258 e. The molecule has 2 fully saturated rings. The van der Waals surface area contributed by atoms with Crippen molar-refractivity contribution in [1.82, 2.24) is 15.2 Å². The number of hydrogen-bond acceptors (Lipinski definition) is 7. The monoisotopic (exact) mass is 398 g/mol. The van der Waals surface area contributed by atoms with Gasteiger partial charge in [0.25, 0.3) is 5.91 Å². The summed E-state index contributed by atoms with van der Waals surface area (Å²) in [6.45, 7) is 3.58. The van der Waals surface area contributed by atoms with Crippen molar-refractivity contribution in [1.29, 1.82) is 0 Å². The molecule has 6 rings (SSSR count). The Hall–Kier alpha value is -2.32. The van der Waals surface area contributed by atoms with Crippen molar-refractivity contribution in [3.8, 4) is 11.5 Å². The molecule has 1 N–H and O–H groups in total. The van der Waals surface area contributed by atoms with E-state index in [4.69, 9.17) is 14.5 Å². The normalized spacial score (nSPS) is 25.1. The number of nitrogens with zero attached hydrogens (tertiary/aromatic N) is 3. The molecular weight excluding hydrogens is 376 g/mol. The molecule has 28 heavy (non-hydrogen) atoms. The molecule has 0 spiro atoms. The van der Waals surface area contributed by atoms with Crippen molar-refractivity contribution < 1.29 is 14.3 Å². The summed E-state index contributed by atoms with van der Waals surface area (Å²) < 4.78 is 11.0. The quantitative estimate of drug-likeness (QED) is 0.835. The van der Waals surface area contributed by atoms with Crippen LogP contribution in [0, 0.1) is 0 Å². The molecule has 7 nitrogen and oxygen atoms in total. The maximum absolute atomic E-state index is 13.1. The number of thiazole rings is 1. The second-order valence-electron chi connectivity index (χ2n) is 7.83. The highest BCUT2D eigenvalue weighted by atomic mass is 32.1. The summed E-state index contributed by atoms with van der Waals surface area (Å²) in [4.78, 5) is 23.8. The zero-order valence-corrected chi connectivity index (χ0v) is 16.3. The van der Waals surface area contributed by atoms with Crippen molar-refractivity contribution in [3.63, 3.8) is 0 Å². The number of anilines is 1. The number of aromatic nitrogens is 1. The first-order valence-corrected chi connectivity index (χ1v) is 10.7. The Morgan fingerprint density at radius 1 is 1.21 bits per heavy atom. The Balaban J connectivity index is 1.25. The molecule has 146 valence electrons. The van der Waals surface area contributed by atoms with E-state index < -0.39 is 0 Å². The lowest BCUT2D eigenvalue weighted by molar-refractivity contribution is 0.0731. The van der Waals surface area contributed by atoms with Gasteiger partial charge >= 0.3 is 0 Å². The summed E-state index contributed by atoms with van der Waals surface area (Å²) in [7, 11) is 0. The summed E-state index contributed by atoms with van der Waals surface area (Å²) >= 11 is 1.77. The molecule has 2 unspecified atom stereocenters. The highest BCUT2D eigenvalue weighted by molar-refractivity contribution is 7.15. The minimum Gasteiger partial charge on any atom is -0.454 e. The van der Waals surface area contributed by atoms with Gasteiger partial charge in [0.1, 0.15) is 0 Å². The van der Waals surface area contributed by atoms with Crippen molar-refractivity contribution >= 4 is 22.4 Å². The van der Waals surface area contributed by atoms with Crippen molar-refractivity contribution in [3.05, 3.63) is 34.3 Å². The lowest BCUT2D eigenvalue weighted by Gasteiger charge is -2.35. The molecule has 0 radical (unpaired) electrons. The van der Waals surface area contributed by atoms with Gasteiger partial charge in [-0.1, -0.05) is 17.4 Å². The fourth-order valence-electron chi connectivity index (χ4n) is 4.83. The van der Waals surface area contributed by atoms with Crippen molar-refractivity contribution in [2.45, 2.75) is 37.9 Å². The van der Waals surface area contributed by atoms with Crippen molar-refractivity contribution in [2.75, 3.05) is 31.3 Å². The molecule has 1 aromatic heterocycles. The Labute approximate surface area is 167 Å². The van der Waals surface area contributed by atoms with E-state index in [1.807, 2.05) is 23.1 Å². The van der Waals surface area contributed by atoms with Gasteiger partial charge in [-0.25, -0.2) is 4.98 Å². The first-order chi connectivity index (χ1) is 13.8. The van der Waals surface area contributed by atoms with Crippen molar-refractivity contribution in [2.24, 2.45) is 0 Å². The van der Waals surface area contributed by atoms with Crippen LogP contribution in [0.5, 0.6) is 11.5 Å². The van der Waals surface area contributed by atoms with E-state index in [1.165, 1.54) is 23.4 Å². The van der Waals surface area contributed by atoms with E-state index >= 15 is 0 Å². The highest BCUT2D eigenvalue weighted by Gasteiger charge is 2.39. The number of rotatable bonds is 2. The average molecular weight is 398 g/mol. The molecule has 2 aromatic rings. The lowest BCUT2D eigenvalue weighted by Crippen LogP contribution is -2.51. The van der Waals surface area contributed by atoms with E-state index in [1.54, 1.807) is 11.3 Å². The first-order valence-electron chi connectivity index (χ1n) is 9.93. The number of amides is 1. The van der Waals surface area contributed by atoms with E-state index in [-0.39, 0.29) is 12.7 Å². The second kappa shape index (κ2) is 6.35. The molecule has 5 heterocycles. The van der Waals surface area contributed by atoms with Crippen LogP contribution in [-0.2, 0) is 13.0 Å². The van der Waals surface area contributed by atoms with Gasteiger partial charge in [-0.05, 0) is 25.0 Å². The number of piperazine rings is 1. The van der Waals surface area contributed by atoms with E-state index in [0.29, 0.717) is 42.2 Å². The highest BCUT2D eigenvalue weighted by Crippen LogP contribution is 2.39. The second-order valence-corrected chi connectivity index (χ2v) is 8.89. The number of ether oxygens (including phenoxy) is 2. The fourth-order valence-corrected chi connectivity index (χ4v) is 6.09. The van der Waals surface area contributed by atoms with E-state index in [2.05, 4.69) is 10.2 Å². The van der Waals surface area contributed by atoms with Gasteiger partial charge < -0.3 is 24.6 Å². The Kier molecular flexibility index (Phi) is 3.77. The van der Waals surface area contributed by atoms with Gasteiger partial charge in [0.2, 0.25) is 6.79 Å². The summed E-state index contributed by atoms with van der Waals surface area (Å²) in [6.07, 6.45) is 3.30. The third kappa shape index (κ3) is 2.51. The minimum absolute atomic E-state index is 0.00481. The number of hydrogen-bond donors (Lipinski definition) is 1. The summed E-state index contributed by atoms with van der Waals surface area (Å²) in [5.74, 6) is 1.23. The van der Waals surface area contributed by atoms with Crippen LogP contribution in [-0.4, -0.2) is 54.3 Å². The van der Waals surface area contributed by atoms with Crippen LogP contribution in [0.1, 0.15) is 33.8 Å². The lowest BCUT2D eigenvalue weighted by atomic mass is 10.1. The number of carbonyl (C=O) groups excluding carboxylic acids is 1. The number of para-hydroxylation sites is 1. The molecule has 0 aliphatic carbocycles. The molecular formula is C20H22N4O3S. The minimum atomic E-state index is 0.00481. The molecule has 2 saturated heterocycles. The first kappa shape index (κ1) is 16.6. The van der Waals surface area contributed by atoms with Gasteiger partial charge in [-0.2, -0.15) is 0 Å². The van der Waals surface area contributed by atoms with Crippen LogP contribution in [0.4, 0.5) is 5.13 Å². The zero-order valence-electron chi connectivity index (χ0n) is 15.5. The fraction of sp³-hybridized carbons (Fsp3) is 0.500. The van der Waals surface area contributed by atoms with E-state index in [9.17, 15) is 4.79 Å². The number of carbonyl (C=O) groups is 1. The molecule has 4 aliphatic rings. The molecule has 1 amide bonds. The van der Waals surface area contributed by atoms with Gasteiger partial charge in [0.05, 0.1) is 17.8 Å². The van der Waals surface area contributed by atoms with Gasteiger partial charge in [-0.3, -0.25) is 4.79 Å². The Morgan fingerprint density at radius 2 is 2.07 bits per heavy atom. The Bertz CT molecular complexity index is 930. The standard InChI is InChI=1S/C20H22N4O3S/c25-19(14-2-1-3-16-18(14)27-11-26-16)23-7-6-15-17(10-23)28-20(22-15)24-12-4-5-13(24)9-21-8-12/h1-3,12-13,21H,4-11H2. The van der Waals surface area contributed by atoms with Crippen LogP contribution < -0.4 is 19.7 Å². The summed E-state index contributed by atoms with van der Waals surface area (Å²) in [5.41, 5.74) is 1.75. The summed E-state index contributed by atoms with van der Waals surface area (Å²) in [5, 5.41) is 4.67. The molecule has 0 saturated carbocycles. The molecule has 2 atom stereocenters. The van der Waals surface area contributed by atoms with Crippen LogP contribution in [0.15, 0.2) is 18.2 Å². The largest absolute Gasteiger partial charge is 0.454 e. The smallest absolute Gasteiger partial charge is 0.258 e. The predicted molar refractivity (Wildman–Crippen MR) is 105 cm³/mol. The number of nitrogens with one attached hydrogen (secondary N) is 1. The zero-order chi connectivity index (χ0) is 18.7. The third-order valence-electron chi connectivity index (χ3n) is 6.23. The maximum atomic E-state index is 13.1. The third-order valence-corrected chi connectivity index (χ3v) is 7.33.